The number of phenols is 2. The number of carbonyl (C=O) groups excluding carboxylic acids is 1. The minimum absolute atomic E-state index is 0.153. The van der Waals surface area contributed by atoms with Crippen LogP contribution in [0.2, 0.25) is 0 Å². The topological polar surface area (TPSA) is 78.8 Å². The van der Waals surface area contributed by atoms with Gasteiger partial charge < -0.3 is 14.9 Å². The third kappa shape index (κ3) is 2.01. The summed E-state index contributed by atoms with van der Waals surface area (Å²) < 4.78 is 4.74. The fourth-order valence-corrected chi connectivity index (χ4v) is 2.44. The zero-order chi connectivity index (χ0) is 13.5. The molecule has 18 heavy (non-hydrogen) atoms. The maximum Gasteiger partial charge on any atom is 0.323 e. The van der Waals surface area contributed by atoms with E-state index in [0.29, 0.717) is 6.42 Å². The number of carbonyl (C=O) groups is 1. The van der Waals surface area contributed by atoms with Crippen molar-refractivity contribution in [1.29, 1.82) is 0 Å². The van der Waals surface area contributed by atoms with Crippen molar-refractivity contribution in [2.75, 3.05) is 7.11 Å². The number of hydrogen-bond donors (Lipinski definition) is 3. The van der Waals surface area contributed by atoms with Gasteiger partial charge in [-0.25, -0.2) is 0 Å². The predicted molar refractivity (Wildman–Crippen MR) is 65.4 cm³/mol. The number of fused-ring (bicyclic) bond motifs is 1. The van der Waals surface area contributed by atoms with E-state index in [0.717, 1.165) is 11.1 Å². The molecule has 1 aromatic rings. The highest BCUT2D eigenvalue weighted by atomic mass is 16.5. The highest BCUT2D eigenvalue weighted by molar-refractivity contribution is 5.77. The molecule has 1 heterocycles. The van der Waals surface area contributed by atoms with Gasteiger partial charge in [-0.2, -0.15) is 0 Å². The number of phenolic OH excluding ortho intramolecular Hbond substituents is 2. The van der Waals surface area contributed by atoms with Gasteiger partial charge >= 0.3 is 5.97 Å². The summed E-state index contributed by atoms with van der Waals surface area (Å²) >= 11 is 0. The first kappa shape index (κ1) is 12.7. The molecule has 2 rings (SSSR count). The van der Waals surface area contributed by atoms with E-state index < -0.39 is 11.6 Å². The van der Waals surface area contributed by atoms with Gasteiger partial charge in [-0.15, -0.1) is 0 Å². The summed E-state index contributed by atoms with van der Waals surface area (Å²) in [7, 11) is 1.35. The minimum atomic E-state index is -0.475. The van der Waals surface area contributed by atoms with Crippen LogP contribution in [-0.4, -0.2) is 29.3 Å². The number of methoxy groups -OCH3 is 1. The second-order valence-electron chi connectivity index (χ2n) is 5.05. The van der Waals surface area contributed by atoms with Crippen LogP contribution in [0.15, 0.2) is 12.1 Å². The molecule has 0 saturated carbocycles. The van der Waals surface area contributed by atoms with Gasteiger partial charge in [0, 0.05) is 5.54 Å². The molecule has 1 aliphatic rings. The third-order valence-electron chi connectivity index (χ3n) is 3.32. The van der Waals surface area contributed by atoms with Crippen LogP contribution in [0.3, 0.4) is 0 Å². The summed E-state index contributed by atoms with van der Waals surface area (Å²) in [5.74, 6) is -0.656. The summed E-state index contributed by atoms with van der Waals surface area (Å²) in [6.45, 7) is 3.83. The molecule has 0 bridgehead atoms. The average molecular weight is 251 g/mol. The Morgan fingerprint density at radius 2 is 2.00 bits per heavy atom. The lowest BCUT2D eigenvalue weighted by Gasteiger charge is -2.38. The van der Waals surface area contributed by atoms with Crippen LogP contribution in [0.1, 0.15) is 25.0 Å². The van der Waals surface area contributed by atoms with Crippen LogP contribution >= 0.6 is 0 Å². The molecule has 0 amide bonds. The molecule has 1 aromatic carbocycles. The Kier molecular flexibility index (Phi) is 2.94. The number of benzene rings is 1. The first-order valence-corrected chi connectivity index (χ1v) is 5.76. The smallest absolute Gasteiger partial charge is 0.323 e. The Labute approximate surface area is 105 Å². The molecular weight excluding hydrogens is 234 g/mol. The monoisotopic (exact) mass is 251 g/mol. The van der Waals surface area contributed by atoms with Gasteiger partial charge in [0.05, 0.1) is 7.11 Å². The Bertz CT molecular complexity index is 496. The molecule has 0 aliphatic carbocycles. The standard InChI is InChI=1S/C13H17NO4/c1-13(2)8-6-11(16)10(15)5-7(8)4-9(14-13)12(17)18-3/h5-6,9,14-16H,4H2,1-3H3/t9-/m0/s1. The molecule has 0 radical (unpaired) electrons. The first-order valence-electron chi connectivity index (χ1n) is 5.76. The number of ether oxygens (including phenoxy) is 1. The molecule has 3 N–H and O–H groups in total. The van der Waals surface area contributed by atoms with E-state index in [2.05, 4.69) is 5.32 Å². The maximum absolute atomic E-state index is 11.6. The second kappa shape index (κ2) is 4.17. The van der Waals surface area contributed by atoms with Gasteiger partial charge in [-0.3, -0.25) is 10.1 Å². The van der Waals surface area contributed by atoms with E-state index in [1.54, 1.807) is 0 Å². The molecule has 0 aromatic heterocycles. The quantitative estimate of drug-likeness (QED) is 0.513. The van der Waals surface area contributed by atoms with Crippen LogP contribution in [0.25, 0.3) is 0 Å². The summed E-state index contributed by atoms with van der Waals surface area (Å²) in [4.78, 5) is 11.6. The number of rotatable bonds is 1. The van der Waals surface area contributed by atoms with Gasteiger partial charge in [-0.1, -0.05) is 0 Å². The lowest BCUT2D eigenvalue weighted by atomic mass is 9.82. The average Bonchev–Trinajstić information content (AvgIpc) is 2.30. The normalized spacial score (nSPS) is 21.2. The third-order valence-corrected chi connectivity index (χ3v) is 3.32. The fourth-order valence-electron chi connectivity index (χ4n) is 2.44. The highest BCUT2D eigenvalue weighted by Crippen LogP contribution is 2.37. The molecule has 0 unspecified atom stereocenters. The Balaban J connectivity index is 2.46. The molecule has 5 heteroatoms. The summed E-state index contributed by atoms with van der Waals surface area (Å²) in [6.07, 6.45) is 0.430. The van der Waals surface area contributed by atoms with E-state index in [1.165, 1.54) is 19.2 Å². The molecule has 0 fully saturated rings. The molecule has 0 spiro atoms. The molecule has 5 nitrogen and oxygen atoms in total. The zero-order valence-corrected chi connectivity index (χ0v) is 10.7. The van der Waals surface area contributed by atoms with Crippen LogP contribution in [-0.2, 0) is 21.5 Å². The predicted octanol–water partition coefficient (Wildman–Crippen LogP) is 1.02. The van der Waals surface area contributed by atoms with Crippen molar-refractivity contribution in [3.8, 4) is 11.5 Å². The van der Waals surface area contributed by atoms with E-state index in [-0.39, 0.29) is 17.5 Å². The highest BCUT2D eigenvalue weighted by Gasteiger charge is 2.36. The first-order chi connectivity index (χ1) is 8.35. The Morgan fingerprint density at radius 3 is 2.61 bits per heavy atom. The van der Waals surface area contributed by atoms with Crippen molar-refractivity contribution in [2.24, 2.45) is 0 Å². The van der Waals surface area contributed by atoms with Crippen molar-refractivity contribution in [3.05, 3.63) is 23.3 Å². The summed E-state index contributed by atoms with van der Waals surface area (Å²) in [5, 5.41) is 22.3. The van der Waals surface area contributed by atoms with E-state index >= 15 is 0 Å². The van der Waals surface area contributed by atoms with E-state index in [9.17, 15) is 15.0 Å². The zero-order valence-electron chi connectivity index (χ0n) is 10.7. The van der Waals surface area contributed by atoms with E-state index in [4.69, 9.17) is 4.74 Å². The van der Waals surface area contributed by atoms with Crippen LogP contribution in [0.4, 0.5) is 0 Å². The van der Waals surface area contributed by atoms with Gasteiger partial charge in [0.15, 0.2) is 11.5 Å². The molecule has 1 aliphatic heterocycles. The number of esters is 1. The van der Waals surface area contributed by atoms with Crippen molar-refractivity contribution >= 4 is 5.97 Å². The van der Waals surface area contributed by atoms with Crippen molar-refractivity contribution in [1.82, 2.24) is 5.32 Å². The van der Waals surface area contributed by atoms with Gasteiger partial charge in [-0.05, 0) is 43.5 Å². The second-order valence-corrected chi connectivity index (χ2v) is 5.05. The van der Waals surface area contributed by atoms with Crippen LogP contribution in [0, 0.1) is 0 Å². The minimum Gasteiger partial charge on any atom is -0.504 e. The van der Waals surface area contributed by atoms with Crippen LogP contribution < -0.4 is 5.32 Å². The fraction of sp³-hybridized carbons (Fsp3) is 0.462. The maximum atomic E-state index is 11.6. The molecule has 1 atom stereocenters. The van der Waals surface area contributed by atoms with Gasteiger partial charge in [0.1, 0.15) is 6.04 Å². The SMILES string of the molecule is COC(=O)[C@@H]1Cc2cc(O)c(O)cc2C(C)(C)N1. The van der Waals surface area contributed by atoms with E-state index in [1.807, 2.05) is 13.8 Å². The van der Waals surface area contributed by atoms with Gasteiger partial charge in [0.2, 0.25) is 0 Å². The number of aromatic hydroxyl groups is 2. The molecule has 98 valence electrons. The van der Waals surface area contributed by atoms with Crippen LogP contribution in [0.5, 0.6) is 11.5 Å². The van der Waals surface area contributed by atoms with Crippen molar-refractivity contribution in [3.63, 3.8) is 0 Å². The number of nitrogens with one attached hydrogen (secondary N) is 1. The van der Waals surface area contributed by atoms with Crippen molar-refractivity contribution < 1.29 is 19.7 Å². The van der Waals surface area contributed by atoms with Crippen molar-refractivity contribution in [2.45, 2.75) is 31.8 Å². The van der Waals surface area contributed by atoms with Gasteiger partial charge in [0.25, 0.3) is 0 Å². The summed E-state index contributed by atoms with van der Waals surface area (Å²) in [5.41, 5.74) is 1.24. The summed E-state index contributed by atoms with van der Waals surface area (Å²) in [6, 6.07) is 2.59. The lowest BCUT2D eigenvalue weighted by molar-refractivity contribution is -0.144. The largest absolute Gasteiger partial charge is 0.504 e. The lowest BCUT2D eigenvalue weighted by Crippen LogP contribution is -2.53. The molecule has 0 saturated heterocycles. The Hall–Kier alpha value is -1.75. The Morgan fingerprint density at radius 1 is 1.39 bits per heavy atom. The number of hydrogen-bond acceptors (Lipinski definition) is 5. The molecular formula is C13H17NO4.